The Kier molecular flexibility index (Phi) is 4.11. The van der Waals surface area contributed by atoms with Crippen LogP contribution in [0.25, 0.3) is 0 Å². The lowest BCUT2D eigenvalue weighted by Crippen LogP contribution is -2.40. The van der Waals surface area contributed by atoms with Crippen LogP contribution in [0.3, 0.4) is 0 Å². The Bertz CT molecular complexity index is 431. The zero-order chi connectivity index (χ0) is 13.0. The molecule has 92 valence electrons. The lowest BCUT2D eigenvalue weighted by molar-refractivity contribution is -0.125. The number of hydrogen-bond acceptors (Lipinski definition) is 3. The molecule has 1 atom stereocenters. The van der Waals surface area contributed by atoms with Gasteiger partial charge >= 0.3 is 0 Å². The minimum Gasteiger partial charge on any atom is -0.381 e. The van der Waals surface area contributed by atoms with E-state index in [1.165, 1.54) is 0 Å². The summed E-state index contributed by atoms with van der Waals surface area (Å²) in [6, 6.07) is 2.95. The van der Waals surface area contributed by atoms with Crippen molar-refractivity contribution in [2.75, 3.05) is 6.54 Å². The van der Waals surface area contributed by atoms with Crippen LogP contribution in [0.5, 0.6) is 0 Å². The molecule has 1 unspecified atom stereocenters. The van der Waals surface area contributed by atoms with Crippen LogP contribution in [0, 0.1) is 11.6 Å². The predicted molar refractivity (Wildman–Crippen MR) is 53.9 cm³/mol. The third-order valence-electron chi connectivity index (χ3n) is 1.97. The molecular weight excluding hydrogens is 234 g/mol. The zero-order valence-electron chi connectivity index (χ0n) is 8.61. The van der Waals surface area contributed by atoms with E-state index in [2.05, 4.69) is 0 Å². The second-order valence-electron chi connectivity index (χ2n) is 3.22. The number of hydrogen-bond donors (Lipinski definition) is 3. The number of nitrogens with one attached hydrogen (secondary N) is 1. The molecule has 0 aliphatic heterocycles. The molecule has 5 nitrogen and oxygen atoms in total. The van der Waals surface area contributed by atoms with Gasteiger partial charge < -0.3 is 16.2 Å². The molecule has 1 rings (SSSR count). The van der Waals surface area contributed by atoms with Crippen molar-refractivity contribution in [3.05, 3.63) is 35.4 Å². The summed E-state index contributed by atoms with van der Waals surface area (Å²) in [6.45, 7) is -0.512. The molecule has 0 spiro atoms. The van der Waals surface area contributed by atoms with E-state index < -0.39 is 41.7 Å². The minimum atomic E-state index is -1.60. The minimum absolute atomic E-state index is 0.512. The molecule has 0 aromatic heterocycles. The molecule has 1 aromatic carbocycles. The topological polar surface area (TPSA) is 92.4 Å². The summed E-state index contributed by atoms with van der Waals surface area (Å²) < 4.78 is 26.3. The lowest BCUT2D eigenvalue weighted by atomic mass is 10.2. The summed E-state index contributed by atoms with van der Waals surface area (Å²) in [5.74, 6) is -4.17. The first-order chi connectivity index (χ1) is 7.93. The van der Waals surface area contributed by atoms with Crippen molar-refractivity contribution in [1.29, 1.82) is 0 Å². The summed E-state index contributed by atoms with van der Waals surface area (Å²) >= 11 is 0. The number of primary amides is 1. The number of halogens is 2. The first-order valence-corrected chi connectivity index (χ1v) is 4.63. The summed E-state index contributed by atoms with van der Waals surface area (Å²) in [4.78, 5) is 21.8. The molecule has 0 aliphatic carbocycles. The van der Waals surface area contributed by atoms with Crippen LogP contribution >= 0.6 is 0 Å². The first kappa shape index (κ1) is 13.0. The van der Waals surface area contributed by atoms with E-state index >= 15 is 0 Å². The Morgan fingerprint density at radius 3 is 2.35 bits per heavy atom. The van der Waals surface area contributed by atoms with Crippen LogP contribution < -0.4 is 11.1 Å². The lowest BCUT2D eigenvalue weighted by Gasteiger charge is -2.09. The smallest absolute Gasteiger partial charge is 0.257 e. The van der Waals surface area contributed by atoms with E-state index in [0.29, 0.717) is 0 Å². The van der Waals surface area contributed by atoms with Crippen LogP contribution in [0.2, 0.25) is 0 Å². The fourth-order valence-electron chi connectivity index (χ4n) is 1.09. The molecule has 2 amide bonds. The summed E-state index contributed by atoms with van der Waals surface area (Å²) in [5.41, 5.74) is 3.96. The van der Waals surface area contributed by atoms with Crippen molar-refractivity contribution in [2.45, 2.75) is 6.10 Å². The van der Waals surface area contributed by atoms with Gasteiger partial charge in [0.25, 0.3) is 5.91 Å². The fourth-order valence-corrected chi connectivity index (χ4v) is 1.09. The van der Waals surface area contributed by atoms with E-state index in [0.717, 1.165) is 18.2 Å². The second-order valence-corrected chi connectivity index (χ2v) is 3.22. The van der Waals surface area contributed by atoms with E-state index in [-0.39, 0.29) is 0 Å². The third kappa shape index (κ3) is 3.22. The van der Waals surface area contributed by atoms with Crippen molar-refractivity contribution in [2.24, 2.45) is 5.73 Å². The van der Waals surface area contributed by atoms with Crippen molar-refractivity contribution in [1.82, 2.24) is 5.32 Å². The zero-order valence-corrected chi connectivity index (χ0v) is 8.61. The van der Waals surface area contributed by atoms with Gasteiger partial charge in [-0.1, -0.05) is 6.07 Å². The van der Waals surface area contributed by atoms with Crippen molar-refractivity contribution in [3.8, 4) is 0 Å². The number of benzene rings is 1. The van der Waals surface area contributed by atoms with E-state index in [1.54, 1.807) is 0 Å². The molecule has 7 heteroatoms. The Morgan fingerprint density at radius 1 is 1.35 bits per heavy atom. The van der Waals surface area contributed by atoms with Gasteiger partial charge in [-0.15, -0.1) is 0 Å². The van der Waals surface area contributed by atoms with Crippen molar-refractivity contribution < 1.29 is 23.5 Å². The molecule has 0 aliphatic rings. The molecule has 1 aromatic rings. The van der Waals surface area contributed by atoms with Gasteiger partial charge in [-0.25, -0.2) is 8.78 Å². The average molecular weight is 244 g/mol. The Morgan fingerprint density at radius 2 is 1.88 bits per heavy atom. The molecule has 17 heavy (non-hydrogen) atoms. The molecule has 0 bridgehead atoms. The highest BCUT2D eigenvalue weighted by Crippen LogP contribution is 2.11. The SMILES string of the molecule is NC(=O)C(O)CNC(=O)c1c(F)cccc1F. The van der Waals surface area contributed by atoms with Crippen LogP contribution in [0.4, 0.5) is 8.78 Å². The molecule has 0 saturated heterocycles. The Balaban J connectivity index is 2.74. The maximum atomic E-state index is 13.1. The number of rotatable bonds is 4. The maximum absolute atomic E-state index is 13.1. The van der Waals surface area contributed by atoms with Crippen LogP contribution in [0.1, 0.15) is 10.4 Å². The van der Waals surface area contributed by atoms with Gasteiger partial charge in [0.1, 0.15) is 23.3 Å². The normalized spacial score (nSPS) is 11.9. The van der Waals surface area contributed by atoms with E-state index in [4.69, 9.17) is 10.8 Å². The number of aliphatic hydroxyl groups is 1. The van der Waals surface area contributed by atoms with Crippen LogP contribution in [0.15, 0.2) is 18.2 Å². The Hall–Kier alpha value is -2.02. The largest absolute Gasteiger partial charge is 0.381 e. The molecule has 4 N–H and O–H groups in total. The number of carbonyl (C=O) groups is 2. The summed E-state index contributed by atoms with van der Waals surface area (Å²) in [6.07, 6.45) is -1.60. The summed E-state index contributed by atoms with van der Waals surface area (Å²) in [5, 5.41) is 11.0. The van der Waals surface area contributed by atoms with Gasteiger partial charge in [0, 0.05) is 0 Å². The number of amides is 2. The molecule has 0 heterocycles. The predicted octanol–water partition coefficient (Wildman–Crippen LogP) is -0.459. The van der Waals surface area contributed by atoms with Crippen molar-refractivity contribution in [3.63, 3.8) is 0 Å². The van der Waals surface area contributed by atoms with E-state index in [1.807, 2.05) is 5.32 Å². The van der Waals surface area contributed by atoms with Gasteiger partial charge in [-0.3, -0.25) is 9.59 Å². The molecule has 0 saturated carbocycles. The van der Waals surface area contributed by atoms with Gasteiger partial charge in [-0.2, -0.15) is 0 Å². The quantitative estimate of drug-likeness (QED) is 0.669. The molecule has 0 radical (unpaired) electrons. The fraction of sp³-hybridized carbons (Fsp3) is 0.200. The van der Waals surface area contributed by atoms with Crippen LogP contribution in [-0.2, 0) is 4.79 Å². The molecule has 0 fully saturated rings. The van der Waals surface area contributed by atoms with Gasteiger partial charge in [0.15, 0.2) is 0 Å². The van der Waals surface area contributed by atoms with Crippen molar-refractivity contribution >= 4 is 11.8 Å². The monoisotopic (exact) mass is 244 g/mol. The second kappa shape index (κ2) is 5.35. The maximum Gasteiger partial charge on any atom is 0.257 e. The summed E-state index contributed by atoms with van der Waals surface area (Å²) in [7, 11) is 0. The highest BCUT2D eigenvalue weighted by Gasteiger charge is 2.18. The number of nitrogens with two attached hydrogens (primary N) is 1. The first-order valence-electron chi connectivity index (χ1n) is 4.63. The molecular formula is C10H10F2N2O3. The van der Waals surface area contributed by atoms with Gasteiger partial charge in [0.05, 0.1) is 6.54 Å². The highest BCUT2D eigenvalue weighted by atomic mass is 19.1. The highest BCUT2D eigenvalue weighted by molar-refractivity contribution is 5.95. The standard InChI is InChI=1S/C10H10F2N2O3/c11-5-2-1-3-6(12)8(5)10(17)14-4-7(15)9(13)16/h1-3,7,15H,4H2,(H2,13,16)(H,14,17). The van der Waals surface area contributed by atoms with Gasteiger partial charge in [-0.05, 0) is 12.1 Å². The Labute approximate surface area is 95.2 Å². The van der Waals surface area contributed by atoms with E-state index in [9.17, 15) is 18.4 Å². The average Bonchev–Trinajstić information content (AvgIpc) is 2.25. The third-order valence-corrected chi connectivity index (χ3v) is 1.97. The van der Waals surface area contributed by atoms with Gasteiger partial charge in [0.2, 0.25) is 5.91 Å². The van der Waals surface area contributed by atoms with Crippen LogP contribution in [-0.4, -0.2) is 29.6 Å². The number of carbonyl (C=O) groups excluding carboxylic acids is 2. The number of aliphatic hydroxyl groups excluding tert-OH is 1.